The molecule has 2 amide bonds. The van der Waals surface area contributed by atoms with E-state index in [0.717, 1.165) is 5.56 Å². The van der Waals surface area contributed by atoms with Crippen molar-refractivity contribution in [3.8, 4) is 11.3 Å². The van der Waals surface area contributed by atoms with Gasteiger partial charge in [-0.2, -0.15) is 5.10 Å². The number of benzene rings is 1. The molecule has 9 nitrogen and oxygen atoms in total. The topological polar surface area (TPSA) is 110 Å². The highest BCUT2D eigenvalue weighted by atomic mass is 19.1. The molecule has 2 unspecified atom stereocenters. The van der Waals surface area contributed by atoms with E-state index in [9.17, 15) is 14.0 Å². The largest absolute Gasteiger partial charge is 0.382 e. The van der Waals surface area contributed by atoms with Gasteiger partial charge in [-0.3, -0.25) is 14.6 Å². The lowest BCUT2D eigenvalue weighted by molar-refractivity contribution is 0.0589. The third-order valence-electron chi connectivity index (χ3n) is 7.12. The zero-order valence-electron chi connectivity index (χ0n) is 19.9. The van der Waals surface area contributed by atoms with E-state index in [0.29, 0.717) is 46.8 Å². The first kappa shape index (κ1) is 23.0. The van der Waals surface area contributed by atoms with Crippen molar-refractivity contribution in [2.24, 2.45) is 0 Å². The zero-order valence-corrected chi connectivity index (χ0v) is 19.9. The number of amides is 2. The average Bonchev–Trinajstić information content (AvgIpc) is 3.45. The highest BCUT2D eigenvalue weighted by molar-refractivity contribution is 5.98. The highest BCUT2D eigenvalue weighted by Crippen LogP contribution is 2.31. The van der Waals surface area contributed by atoms with E-state index in [4.69, 9.17) is 5.73 Å². The van der Waals surface area contributed by atoms with Crippen molar-refractivity contribution >= 4 is 23.1 Å². The molecule has 37 heavy (non-hydrogen) atoms. The standard InChI is InChI=1S/C26H23F2N7O2/c1-14-8-21(35-23(14)24(29)31-13-32-35)16-9-18-20(30-10-16)6-7-34(26(18)37)22-12-33(11-19(22)28)25(36)15-2-4-17(27)5-3-15/h2-5,8-10,13,19,22H,6-7,11-12H2,1H3,(H2,29,31,32). The van der Waals surface area contributed by atoms with Gasteiger partial charge in [0.1, 0.15) is 23.8 Å². The smallest absolute Gasteiger partial charge is 0.256 e. The van der Waals surface area contributed by atoms with Gasteiger partial charge >= 0.3 is 0 Å². The van der Waals surface area contributed by atoms with Crippen molar-refractivity contribution in [1.29, 1.82) is 0 Å². The Hall–Kier alpha value is -4.41. The summed E-state index contributed by atoms with van der Waals surface area (Å²) in [6.07, 6.45) is 2.13. The fraction of sp³-hybridized carbons (Fsp3) is 0.269. The Kier molecular flexibility index (Phi) is 5.36. The molecule has 0 bridgehead atoms. The van der Waals surface area contributed by atoms with Gasteiger partial charge in [-0.25, -0.2) is 18.3 Å². The monoisotopic (exact) mass is 503 g/mol. The third kappa shape index (κ3) is 3.78. The number of alkyl halides is 1. The second-order valence-corrected chi connectivity index (χ2v) is 9.39. The van der Waals surface area contributed by atoms with Gasteiger partial charge in [0.05, 0.1) is 29.5 Å². The minimum Gasteiger partial charge on any atom is -0.382 e. The predicted octanol–water partition coefficient (Wildman–Crippen LogP) is 2.68. The summed E-state index contributed by atoms with van der Waals surface area (Å²) in [6.45, 7) is 2.13. The second-order valence-electron chi connectivity index (χ2n) is 9.39. The van der Waals surface area contributed by atoms with Crippen LogP contribution in [-0.4, -0.2) is 73.0 Å². The Balaban J connectivity index is 1.28. The van der Waals surface area contributed by atoms with Crippen LogP contribution in [0.2, 0.25) is 0 Å². The number of anilines is 1. The van der Waals surface area contributed by atoms with Crippen LogP contribution in [0.4, 0.5) is 14.6 Å². The number of hydrogen-bond donors (Lipinski definition) is 1. The van der Waals surface area contributed by atoms with Crippen LogP contribution < -0.4 is 5.73 Å². The number of nitrogen functional groups attached to an aromatic ring is 1. The van der Waals surface area contributed by atoms with E-state index in [1.54, 1.807) is 16.8 Å². The van der Waals surface area contributed by atoms with Crippen molar-refractivity contribution < 1.29 is 18.4 Å². The normalized spacial score (nSPS) is 19.5. The van der Waals surface area contributed by atoms with Crippen LogP contribution in [-0.2, 0) is 6.42 Å². The summed E-state index contributed by atoms with van der Waals surface area (Å²) in [5, 5.41) is 4.31. The van der Waals surface area contributed by atoms with E-state index in [1.165, 1.54) is 40.4 Å². The molecule has 0 spiro atoms. The molecule has 0 aliphatic carbocycles. The quantitative estimate of drug-likeness (QED) is 0.461. The van der Waals surface area contributed by atoms with E-state index in [2.05, 4.69) is 15.1 Å². The number of nitrogens with zero attached hydrogens (tertiary/aromatic N) is 6. The van der Waals surface area contributed by atoms with E-state index in [1.807, 2.05) is 13.0 Å². The van der Waals surface area contributed by atoms with E-state index in [-0.39, 0.29) is 24.6 Å². The van der Waals surface area contributed by atoms with Gasteiger partial charge in [0.15, 0.2) is 5.82 Å². The van der Waals surface area contributed by atoms with Crippen molar-refractivity contribution in [2.75, 3.05) is 25.4 Å². The summed E-state index contributed by atoms with van der Waals surface area (Å²) in [5.74, 6) is -0.826. The molecule has 3 aromatic heterocycles. The summed E-state index contributed by atoms with van der Waals surface area (Å²) in [5.41, 5.74) is 10.3. The number of aromatic nitrogens is 4. The minimum absolute atomic E-state index is 0.0598. The fourth-order valence-corrected chi connectivity index (χ4v) is 5.26. The summed E-state index contributed by atoms with van der Waals surface area (Å²) in [7, 11) is 0. The van der Waals surface area contributed by atoms with Gasteiger partial charge in [-0.15, -0.1) is 0 Å². The Morgan fingerprint density at radius 3 is 2.70 bits per heavy atom. The van der Waals surface area contributed by atoms with Crippen LogP contribution in [0.1, 0.15) is 32.0 Å². The number of carbonyl (C=O) groups excluding carboxylic acids is 2. The summed E-state index contributed by atoms with van der Waals surface area (Å²) in [4.78, 5) is 37.9. The SMILES string of the molecule is Cc1cc(-c2cnc3c(c2)C(=O)N(C2CN(C(=O)c4ccc(F)cc4)CC2F)CC3)n2ncnc(N)c12. The van der Waals surface area contributed by atoms with Gasteiger partial charge < -0.3 is 15.5 Å². The molecular weight excluding hydrogens is 480 g/mol. The molecule has 2 N–H and O–H groups in total. The van der Waals surface area contributed by atoms with Crippen LogP contribution in [0.3, 0.4) is 0 Å². The Morgan fingerprint density at radius 2 is 1.92 bits per heavy atom. The number of aryl methyl sites for hydroxylation is 1. The van der Waals surface area contributed by atoms with Crippen LogP contribution in [0.15, 0.2) is 48.9 Å². The number of hydrogen-bond acceptors (Lipinski definition) is 6. The highest BCUT2D eigenvalue weighted by Gasteiger charge is 2.43. The molecule has 11 heteroatoms. The lowest BCUT2D eigenvalue weighted by Crippen LogP contribution is -2.49. The van der Waals surface area contributed by atoms with Crippen LogP contribution in [0.5, 0.6) is 0 Å². The number of nitrogens with two attached hydrogens (primary N) is 1. The fourth-order valence-electron chi connectivity index (χ4n) is 5.26. The maximum absolute atomic E-state index is 15.2. The average molecular weight is 504 g/mol. The minimum atomic E-state index is -1.40. The zero-order chi connectivity index (χ0) is 25.8. The number of likely N-dealkylation sites (tertiary alicyclic amines) is 1. The Bertz CT molecular complexity index is 1550. The number of rotatable bonds is 3. The number of pyridine rings is 1. The van der Waals surface area contributed by atoms with Gasteiger partial charge in [-0.1, -0.05) is 0 Å². The second kappa shape index (κ2) is 8.61. The van der Waals surface area contributed by atoms with Crippen LogP contribution in [0.25, 0.3) is 16.8 Å². The first-order valence-electron chi connectivity index (χ1n) is 11.9. The molecule has 5 heterocycles. The molecule has 6 rings (SSSR count). The van der Waals surface area contributed by atoms with Crippen molar-refractivity contribution in [3.05, 3.63) is 77.1 Å². The lowest BCUT2D eigenvalue weighted by Gasteiger charge is -2.33. The molecule has 1 saturated heterocycles. The van der Waals surface area contributed by atoms with Crippen LogP contribution >= 0.6 is 0 Å². The Labute approximate surface area is 210 Å². The number of carbonyl (C=O) groups is 2. The number of halogens is 2. The predicted molar refractivity (Wildman–Crippen MR) is 131 cm³/mol. The summed E-state index contributed by atoms with van der Waals surface area (Å²) in [6, 6.07) is 8.01. The lowest BCUT2D eigenvalue weighted by atomic mass is 9.99. The molecule has 2 atom stereocenters. The maximum atomic E-state index is 15.2. The summed E-state index contributed by atoms with van der Waals surface area (Å²) < 4.78 is 30.1. The van der Waals surface area contributed by atoms with E-state index < -0.39 is 23.9 Å². The van der Waals surface area contributed by atoms with Crippen LogP contribution in [0, 0.1) is 12.7 Å². The van der Waals surface area contributed by atoms with Gasteiger partial charge in [0.2, 0.25) is 0 Å². The maximum Gasteiger partial charge on any atom is 0.256 e. The van der Waals surface area contributed by atoms with Gasteiger partial charge in [0.25, 0.3) is 11.8 Å². The molecule has 4 aromatic rings. The Morgan fingerprint density at radius 1 is 1.14 bits per heavy atom. The van der Waals surface area contributed by atoms with Crippen molar-refractivity contribution in [3.63, 3.8) is 0 Å². The van der Waals surface area contributed by atoms with Crippen molar-refractivity contribution in [2.45, 2.75) is 25.6 Å². The summed E-state index contributed by atoms with van der Waals surface area (Å²) >= 11 is 0. The first-order chi connectivity index (χ1) is 17.8. The molecule has 2 aliphatic rings. The van der Waals surface area contributed by atoms with Gasteiger partial charge in [-0.05, 0) is 48.9 Å². The molecule has 188 valence electrons. The van der Waals surface area contributed by atoms with Crippen molar-refractivity contribution in [1.82, 2.24) is 29.4 Å². The first-order valence-corrected chi connectivity index (χ1v) is 11.9. The molecule has 1 aromatic carbocycles. The third-order valence-corrected chi connectivity index (χ3v) is 7.12. The van der Waals surface area contributed by atoms with Gasteiger partial charge in [0, 0.05) is 36.8 Å². The molecule has 0 saturated carbocycles. The molecular formula is C26H23F2N7O2. The molecule has 0 radical (unpaired) electrons. The molecule has 1 fully saturated rings. The molecule has 2 aliphatic heterocycles. The number of fused-ring (bicyclic) bond motifs is 2. The van der Waals surface area contributed by atoms with E-state index >= 15 is 4.39 Å².